The molecule has 2 N–H and O–H groups in total. The van der Waals surface area contributed by atoms with Crippen LogP contribution >= 0.6 is 11.3 Å². The van der Waals surface area contributed by atoms with Crippen molar-refractivity contribution in [2.45, 2.75) is 13.6 Å². The van der Waals surface area contributed by atoms with Crippen molar-refractivity contribution >= 4 is 16.5 Å². The highest BCUT2D eigenvalue weighted by atomic mass is 32.1. The van der Waals surface area contributed by atoms with Gasteiger partial charge in [0.15, 0.2) is 0 Å². The van der Waals surface area contributed by atoms with E-state index in [1.807, 2.05) is 0 Å². The summed E-state index contributed by atoms with van der Waals surface area (Å²) in [7, 11) is 0. The van der Waals surface area contributed by atoms with Crippen LogP contribution in [0.15, 0.2) is 18.2 Å². The first-order chi connectivity index (χ1) is 7.86. The Kier molecular flexibility index (Phi) is 3.90. The van der Waals surface area contributed by atoms with Gasteiger partial charge < -0.3 is 5.73 Å². The van der Waals surface area contributed by atoms with Crippen molar-refractivity contribution < 1.29 is 17.6 Å². The molecular formula is C10H9F4N3S. The molecule has 1 heterocycles. The van der Waals surface area contributed by atoms with E-state index in [0.717, 1.165) is 23.5 Å². The number of rotatable bonds is 1. The van der Waals surface area contributed by atoms with Gasteiger partial charge in [-0.1, -0.05) is 18.8 Å². The van der Waals surface area contributed by atoms with Crippen molar-refractivity contribution in [3.8, 4) is 10.6 Å². The van der Waals surface area contributed by atoms with Gasteiger partial charge in [0, 0.05) is 5.56 Å². The van der Waals surface area contributed by atoms with Crippen molar-refractivity contribution in [1.29, 1.82) is 0 Å². The highest BCUT2D eigenvalue weighted by Crippen LogP contribution is 2.34. The summed E-state index contributed by atoms with van der Waals surface area (Å²) in [6.07, 6.45) is -4.60. The lowest BCUT2D eigenvalue weighted by atomic mass is 10.1. The van der Waals surface area contributed by atoms with Crippen LogP contribution in [0.25, 0.3) is 10.6 Å². The first-order valence-electron chi connectivity index (χ1n) is 4.33. The van der Waals surface area contributed by atoms with Crippen LogP contribution in [0, 0.1) is 5.82 Å². The Balaban J connectivity index is 0.00000162. The fourth-order valence-corrected chi connectivity index (χ4v) is 1.83. The molecule has 2 aromatic rings. The van der Waals surface area contributed by atoms with Gasteiger partial charge in [-0.25, -0.2) is 4.39 Å². The third-order valence-corrected chi connectivity index (χ3v) is 2.71. The fourth-order valence-electron chi connectivity index (χ4n) is 1.23. The third kappa shape index (κ3) is 2.95. The van der Waals surface area contributed by atoms with Crippen LogP contribution in [0.1, 0.15) is 13.0 Å². The normalized spacial score (nSPS) is 11.1. The first-order valence-corrected chi connectivity index (χ1v) is 5.15. The molecule has 0 radical (unpaired) electrons. The van der Waals surface area contributed by atoms with Crippen LogP contribution in [0.4, 0.5) is 22.7 Å². The SMILES string of the molecule is C.Nc1nnc(-c2cc(F)cc(C(F)(F)F)c2)s1. The highest BCUT2D eigenvalue weighted by Gasteiger charge is 2.31. The van der Waals surface area contributed by atoms with Crippen molar-refractivity contribution in [2.24, 2.45) is 0 Å². The number of nitrogens with zero attached hydrogens (tertiary/aromatic N) is 2. The fraction of sp³-hybridized carbons (Fsp3) is 0.200. The predicted molar refractivity (Wildman–Crippen MR) is 61.4 cm³/mol. The standard InChI is InChI=1S/C9H5F4N3S.CH4/c10-6-2-4(7-15-16-8(14)17-7)1-5(3-6)9(11,12)13;/h1-3H,(H2,14,16);1H4. The molecule has 3 nitrogen and oxygen atoms in total. The van der Waals surface area contributed by atoms with Crippen LogP contribution in [-0.2, 0) is 6.18 Å². The molecule has 0 unspecified atom stereocenters. The molecule has 98 valence electrons. The number of benzene rings is 1. The van der Waals surface area contributed by atoms with E-state index < -0.39 is 17.6 Å². The number of hydrogen-bond acceptors (Lipinski definition) is 4. The average Bonchev–Trinajstić information content (AvgIpc) is 2.62. The number of anilines is 1. The summed E-state index contributed by atoms with van der Waals surface area (Å²) in [6.45, 7) is 0. The Labute approximate surface area is 104 Å². The summed E-state index contributed by atoms with van der Waals surface area (Å²) in [6, 6.07) is 2.19. The van der Waals surface area contributed by atoms with E-state index in [1.165, 1.54) is 0 Å². The molecule has 0 saturated carbocycles. The molecule has 0 atom stereocenters. The Morgan fingerprint density at radius 2 is 1.78 bits per heavy atom. The second-order valence-electron chi connectivity index (χ2n) is 3.17. The Morgan fingerprint density at radius 3 is 2.28 bits per heavy atom. The van der Waals surface area contributed by atoms with E-state index in [2.05, 4.69) is 10.2 Å². The van der Waals surface area contributed by atoms with Crippen molar-refractivity contribution in [3.05, 3.63) is 29.6 Å². The monoisotopic (exact) mass is 279 g/mol. The molecule has 0 spiro atoms. The predicted octanol–water partition coefficient (Wildman–Crippen LogP) is 3.58. The molecule has 8 heteroatoms. The Hall–Kier alpha value is -1.70. The molecule has 0 saturated heterocycles. The van der Waals surface area contributed by atoms with Crippen LogP contribution < -0.4 is 5.73 Å². The smallest absolute Gasteiger partial charge is 0.374 e. The molecule has 0 aliphatic carbocycles. The average molecular weight is 279 g/mol. The number of hydrogen-bond donors (Lipinski definition) is 1. The van der Waals surface area contributed by atoms with Gasteiger partial charge in [0.2, 0.25) is 5.13 Å². The molecule has 0 aliphatic rings. The molecule has 0 bridgehead atoms. The maximum atomic E-state index is 13.1. The van der Waals surface area contributed by atoms with Crippen LogP contribution in [0.2, 0.25) is 0 Å². The van der Waals surface area contributed by atoms with Crippen LogP contribution in [0.5, 0.6) is 0 Å². The van der Waals surface area contributed by atoms with Gasteiger partial charge in [-0.2, -0.15) is 13.2 Å². The summed E-state index contributed by atoms with van der Waals surface area (Å²) in [5, 5.41) is 7.27. The van der Waals surface area contributed by atoms with Gasteiger partial charge in [-0.05, 0) is 18.2 Å². The minimum absolute atomic E-state index is 0. The quantitative estimate of drug-likeness (QED) is 0.812. The van der Waals surface area contributed by atoms with Crippen molar-refractivity contribution in [1.82, 2.24) is 10.2 Å². The molecule has 0 amide bonds. The van der Waals surface area contributed by atoms with Gasteiger partial charge in [0.25, 0.3) is 0 Å². The van der Waals surface area contributed by atoms with E-state index >= 15 is 0 Å². The highest BCUT2D eigenvalue weighted by molar-refractivity contribution is 7.18. The summed E-state index contributed by atoms with van der Waals surface area (Å²) in [5.41, 5.74) is 4.24. The van der Waals surface area contributed by atoms with E-state index in [4.69, 9.17) is 5.73 Å². The van der Waals surface area contributed by atoms with Gasteiger partial charge in [-0.15, -0.1) is 10.2 Å². The second-order valence-corrected chi connectivity index (χ2v) is 4.18. The number of nitrogen functional groups attached to an aromatic ring is 1. The second kappa shape index (κ2) is 4.89. The molecule has 18 heavy (non-hydrogen) atoms. The van der Waals surface area contributed by atoms with Crippen LogP contribution in [-0.4, -0.2) is 10.2 Å². The maximum absolute atomic E-state index is 13.1. The summed E-state index contributed by atoms with van der Waals surface area (Å²) >= 11 is 0.890. The molecule has 0 aliphatic heterocycles. The lowest BCUT2D eigenvalue weighted by Gasteiger charge is -2.07. The number of alkyl halides is 3. The van der Waals surface area contributed by atoms with E-state index in [0.29, 0.717) is 6.07 Å². The zero-order valence-electron chi connectivity index (χ0n) is 8.12. The Bertz CT molecular complexity index is 550. The summed E-state index contributed by atoms with van der Waals surface area (Å²) < 4.78 is 50.4. The van der Waals surface area contributed by atoms with Crippen molar-refractivity contribution in [3.63, 3.8) is 0 Å². The molecule has 1 aromatic carbocycles. The van der Waals surface area contributed by atoms with Gasteiger partial charge in [-0.3, -0.25) is 0 Å². The number of nitrogens with two attached hydrogens (primary N) is 1. The summed E-state index contributed by atoms with van der Waals surface area (Å²) in [5.74, 6) is -0.983. The molecule has 2 rings (SSSR count). The van der Waals surface area contributed by atoms with Crippen LogP contribution in [0.3, 0.4) is 0 Å². The molecule has 0 fully saturated rings. The topological polar surface area (TPSA) is 51.8 Å². The molecular weight excluding hydrogens is 270 g/mol. The van der Waals surface area contributed by atoms with E-state index in [-0.39, 0.29) is 23.1 Å². The first kappa shape index (κ1) is 14.4. The largest absolute Gasteiger partial charge is 0.416 e. The number of halogens is 4. The zero-order chi connectivity index (χ0) is 12.6. The van der Waals surface area contributed by atoms with Crippen molar-refractivity contribution in [2.75, 3.05) is 5.73 Å². The van der Waals surface area contributed by atoms with Gasteiger partial charge in [0.1, 0.15) is 10.8 Å². The van der Waals surface area contributed by atoms with Gasteiger partial charge >= 0.3 is 6.18 Å². The third-order valence-electron chi connectivity index (χ3n) is 1.91. The zero-order valence-corrected chi connectivity index (χ0v) is 8.94. The van der Waals surface area contributed by atoms with E-state index in [1.54, 1.807) is 0 Å². The lowest BCUT2D eigenvalue weighted by molar-refractivity contribution is -0.137. The molecule has 1 aromatic heterocycles. The minimum atomic E-state index is -4.60. The summed E-state index contributed by atoms with van der Waals surface area (Å²) in [4.78, 5) is 0. The van der Waals surface area contributed by atoms with E-state index in [9.17, 15) is 17.6 Å². The van der Waals surface area contributed by atoms with Gasteiger partial charge in [0.05, 0.1) is 5.56 Å². The number of aromatic nitrogens is 2. The lowest BCUT2D eigenvalue weighted by Crippen LogP contribution is -2.05. The Morgan fingerprint density at radius 1 is 1.11 bits per heavy atom. The minimum Gasteiger partial charge on any atom is -0.374 e. The maximum Gasteiger partial charge on any atom is 0.416 e.